The molecule has 0 saturated carbocycles. The van der Waals surface area contributed by atoms with E-state index < -0.39 is 17.4 Å². The molecular weight excluding hydrogens is 180 g/mol. The first kappa shape index (κ1) is 9.70. The zero-order valence-electron chi connectivity index (χ0n) is 7.23. The molecule has 72 valence electrons. The van der Waals surface area contributed by atoms with Crippen LogP contribution in [0.3, 0.4) is 0 Å². The standard InChI is InChI=1S/C8H9F2NO2/c1-4-3-5(12)6(7(9)10)8(11-4)13-2/h3,7H,1-2H3,(H,11,12). The number of halogens is 2. The molecule has 1 heterocycles. The van der Waals surface area contributed by atoms with E-state index in [-0.39, 0.29) is 5.88 Å². The predicted octanol–water partition coefficient (Wildman–Crippen LogP) is 1.63. The zero-order valence-corrected chi connectivity index (χ0v) is 7.23. The maximum Gasteiger partial charge on any atom is 0.272 e. The van der Waals surface area contributed by atoms with Gasteiger partial charge in [0.1, 0.15) is 5.56 Å². The minimum Gasteiger partial charge on any atom is -0.482 e. The van der Waals surface area contributed by atoms with Gasteiger partial charge in [0.25, 0.3) is 6.43 Å². The molecule has 0 aliphatic heterocycles. The Morgan fingerprint density at radius 2 is 2.15 bits per heavy atom. The molecule has 3 nitrogen and oxygen atoms in total. The maximum absolute atomic E-state index is 12.3. The van der Waals surface area contributed by atoms with E-state index in [0.29, 0.717) is 5.69 Å². The number of rotatable bonds is 2. The third-order valence-electron chi connectivity index (χ3n) is 1.59. The van der Waals surface area contributed by atoms with Crippen LogP contribution >= 0.6 is 0 Å². The van der Waals surface area contributed by atoms with Crippen LogP contribution in [-0.2, 0) is 0 Å². The van der Waals surface area contributed by atoms with Crippen LogP contribution in [0, 0.1) is 6.92 Å². The average Bonchev–Trinajstić information content (AvgIpc) is 2.01. The Morgan fingerprint density at radius 3 is 2.62 bits per heavy atom. The van der Waals surface area contributed by atoms with Crippen molar-refractivity contribution in [3.05, 3.63) is 27.5 Å². The molecule has 0 unspecified atom stereocenters. The van der Waals surface area contributed by atoms with Crippen LogP contribution in [0.4, 0.5) is 8.78 Å². The zero-order chi connectivity index (χ0) is 10.0. The second-order valence-corrected chi connectivity index (χ2v) is 2.56. The first-order chi connectivity index (χ1) is 6.06. The van der Waals surface area contributed by atoms with Gasteiger partial charge in [-0.3, -0.25) is 4.79 Å². The molecule has 0 bridgehead atoms. The summed E-state index contributed by atoms with van der Waals surface area (Å²) in [5, 5.41) is 0. The van der Waals surface area contributed by atoms with Crippen molar-refractivity contribution in [3.8, 4) is 5.88 Å². The number of H-pyrrole nitrogens is 1. The van der Waals surface area contributed by atoms with Gasteiger partial charge in [0, 0.05) is 11.8 Å². The highest BCUT2D eigenvalue weighted by molar-refractivity contribution is 5.29. The van der Waals surface area contributed by atoms with Gasteiger partial charge < -0.3 is 9.72 Å². The summed E-state index contributed by atoms with van der Waals surface area (Å²) >= 11 is 0. The third kappa shape index (κ3) is 1.85. The lowest BCUT2D eigenvalue weighted by Crippen LogP contribution is -2.12. The second-order valence-electron chi connectivity index (χ2n) is 2.56. The van der Waals surface area contributed by atoms with Gasteiger partial charge in [-0.15, -0.1) is 0 Å². The average molecular weight is 189 g/mol. The molecule has 0 fully saturated rings. The van der Waals surface area contributed by atoms with E-state index in [4.69, 9.17) is 0 Å². The van der Waals surface area contributed by atoms with Crippen molar-refractivity contribution >= 4 is 0 Å². The van der Waals surface area contributed by atoms with Crippen molar-refractivity contribution in [2.24, 2.45) is 0 Å². The van der Waals surface area contributed by atoms with E-state index in [1.165, 1.54) is 7.11 Å². The number of aryl methyl sites for hydroxylation is 1. The second kappa shape index (κ2) is 3.55. The lowest BCUT2D eigenvalue weighted by Gasteiger charge is -2.07. The van der Waals surface area contributed by atoms with Crippen LogP contribution in [0.1, 0.15) is 17.7 Å². The largest absolute Gasteiger partial charge is 0.482 e. The molecule has 1 rings (SSSR count). The highest BCUT2D eigenvalue weighted by atomic mass is 19.3. The fourth-order valence-corrected chi connectivity index (χ4v) is 1.04. The van der Waals surface area contributed by atoms with Gasteiger partial charge in [0.2, 0.25) is 5.88 Å². The van der Waals surface area contributed by atoms with E-state index in [9.17, 15) is 13.6 Å². The molecule has 5 heteroatoms. The lowest BCUT2D eigenvalue weighted by atomic mass is 10.2. The molecule has 0 atom stereocenters. The van der Waals surface area contributed by atoms with Crippen LogP contribution in [-0.4, -0.2) is 12.1 Å². The number of hydrogen-bond donors (Lipinski definition) is 1. The summed E-state index contributed by atoms with van der Waals surface area (Å²) in [4.78, 5) is 13.6. The van der Waals surface area contributed by atoms with E-state index >= 15 is 0 Å². The molecule has 0 aliphatic rings. The highest BCUT2D eigenvalue weighted by Crippen LogP contribution is 2.23. The number of ether oxygens (including phenoxy) is 1. The van der Waals surface area contributed by atoms with Gasteiger partial charge in [-0.25, -0.2) is 8.78 Å². The van der Waals surface area contributed by atoms with Crippen molar-refractivity contribution in [3.63, 3.8) is 0 Å². The van der Waals surface area contributed by atoms with Gasteiger partial charge in [0.05, 0.1) is 7.11 Å². The van der Waals surface area contributed by atoms with E-state index in [0.717, 1.165) is 6.07 Å². The Labute approximate surface area is 73.4 Å². The smallest absolute Gasteiger partial charge is 0.272 e. The fraction of sp³-hybridized carbons (Fsp3) is 0.375. The Morgan fingerprint density at radius 1 is 1.54 bits per heavy atom. The molecule has 1 N–H and O–H groups in total. The van der Waals surface area contributed by atoms with Crippen LogP contribution in [0.25, 0.3) is 0 Å². The number of nitrogens with one attached hydrogen (secondary N) is 1. The maximum atomic E-state index is 12.3. The predicted molar refractivity (Wildman–Crippen MR) is 43.3 cm³/mol. The topological polar surface area (TPSA) is 42.1 Å². The van der Waals surface area contributed by atoms with E-state index in [2.05, 4.69) is 9.72 Å². The molecule has 1 aromatic heterocycles. The summed E-state index contributed by atoms with van der Waals surface area (Å²) in [6.07, 6.45) is -2.82. The third-order valence-corrected chi connectivity index (χ3v) is 1.59. The van der Waals surface area contributed by atoms with Crippen molar-refractivity contribution in [1.29, 1.82) is 0 Å². The van der Waals surface area contributed by atoms with Crippen LogP contribution in [0.2, 0.25) is 0 Å². The lowest BCUT2D eigenvalue weighted by molar-refractivity contribution is 0.144. The number of aromatic amines is 1. The minimum atomic E-state index is -2.82. The normalized spacial score (nSPS) is 10.5. The molecule has 1 aromatic rings. The molecule has 13 heavy (non-hydrogen) atoms. The van der Waals surface area contributed by atoms with Crippen molar-refractivity contribution in [2.75, 3.05) is 7.11 Å². The Bertz CT molecular complexity index is 360. The van der Waals surface area contributed by atoms with Crippen molar-refractivity contribution in [1.82, 2.24) is 4.98 Å². The summed E-state index contributed by atoms with van der Waals surface area (Å²) in [7, 11) is 1.23. The molecule has 0 spiro atoms. The number of methoxy groups -OCH3 is 1. The number of hydrogen-bond acceptors (Lipinski definition) is 2. The van der Waals surface area contributed by atoms with Gasteiger partial charge in [-0.05, 0) is 6.92 Å². The molecule has 0 radical (unpaired) electrons. The van der Waals surface area contributed by atoms with E-state index in [1.807, 2.05) is 0 Å². The minimum absolute atomic E-state index is 0.167. The monoisotopic (exact) mass is 189 g/mol. The Hall–Kier alpha value is -1.39. The van der Waals surface area contributed by atoms with Crippen LogP contribution < -0.4 is 10.2 Å². The van der Waals surface area contributed by atoms with Crippen LogP contribution in [0.15, 0.2) is 10.9 Å². The van der Waals surface area contributed by atoms with Gasteiger partial charge in [-0.1, -0.05) is 0 Å². The number of aromatic nitrogens is 1. The van der Waals surface area contributed by atoms with Crippen molar-refractivity contribution in [2.45, 2.75) is 13.3 Å². The first-order valence-electron chi connectivity index (χ1n) is 3.62. The summed E-state index contributed by atoms with van der Waals surface area (Å²) in [5.74, 6) is -0.167. The Kier molecular flexibility index (Phi) is 2.65. The first-order valence-corrected chi connectivity index (χ1v) is 3.62. The molecule has 0 saturated heterocycles. The van der Waals surface area contributed by atoms with Gasteiger partial charge in [-0.2, -0.15) is 0 Å². The molecular formula is C8H9F2NO2. The highest BCUT2D eigenvalue weighted by Gasteiger charge is 2.18. The van der Waals surface area contributed by atoms with E-state index in [1.54, 1.807) is 6.92 Å². The summed E-state index contributed by atoms with van der Waals surface area (Å²) in [6, 6.07) is 1.12. The quantitative estimate of drug-likeness (QED) is 0.768. The number of alkyl halides is 2. The molecule has 0 aromatic carbocycles. The summed E-state index contributed by atoms with van der Waals surface area (Å²) < 4.78 is 29.2. The summed E-state index contributed by atoms with van der Waals surface area (Å²) in [6.45, 7) is 1.60. The molecule has 0 aliphatic carbocycles. The molecule has 0 amide bonds. The number of pyridine rings is 1. The van der Waals surface area contributed by atoms with Crippen molar-refractivity contribution < 1.29 is 13.5 Å². The SMILES string of the molecule is COc1[nH]c(C)cc(=O)c1C(F)F. The van der Waals surface area contributed by atoms with Gasteiger partial charge in [0.15, 0.2) is 5.43 Å². The van der Waals surface area contributed by atoms with Gasteiger partial charge >= 0.3 is 0 Å². The Balaban J connectivity index is 3.39. The summed E-state index contributed by atoms with van der Waals surface area (Å²) in [5.41, 5.74) is -0.831. The fourth-order valence-electron chi connectivity index (χ4n) is 1.04. The van der Waals surface area contributed by atoms with Crippen LogP contribution in [0.5, 0.6) is 5.88 Å².